The van der Waals surface area contributed by atoms with E-state index in [0.717, 1.165) is 18.0 Å². The Morgan fingerprint density at radius 1 is 1.31 bits per heavy atom. The van der Waals surface area contributed by atoms with Crippen LogP contribution in [0.2, 0.25) is 0 Å². The molecular formula is C19H20N4O2S. The Hall–Kier alpha value is -2.54. The number of benzene rings is 1. The third kappa shape index (κ3) is 3.26. The van der Waals surface area contributed by atoms with Gasteiger partial charge in [0.1, 0.15) is 0 Å². The largest absolute Gasteiger partial charge is 0.461 e. The van der Waals surface area contributed by atoms with Gasteiger partial charge in [-0.15, -0.1) is 10.2 Å². The number of hydrogen-bond acceptors (Lipinski definition) is 5. The van der Waals surface area contributed by atoms with Gasteiger partial charge in [-0.1, -0.05) is 36.0 Å². The summed E-state index contributed by atoms with van der Waals surface area (Å²) in [5, 5.41) is 12.3. The number of amides is 1. The van der Waals surface area contributed by atoms with Gasteiger partial charge in [-0.3, -0.25) is 9.36 Å². The molecule has 2 aromatic heterocycles. The van der Waals surface area contributed by atoms with Gasteiger partial charge in [0.2, 0.25) is 5.91 Å². The van der Waals surface area contributed by atoms with Gasteiger partial charge in [0, 0.05) is 6.54 Å². The highest BCUT2D eigenvalue weighted by atomic mass is 32.2. The van der Waals surface area contributed by atoms with E-state index in [2.05, 4.69) is 27.6 Å². The number of nitrogens with zero attached hydrogens (tertiary/aromatic N) is 3. The van der Waals surface area contributed by atoms with Crippen LogP contribution < -0.4 is 5.32 Å². The second-order valence-electron chi connectivity index (χ2n) is 6.17. The minimum absolute atomic E-state index is 0.0157. The van der Waals surface area contributed by atoms with Gasteiger partial charge in [0.05, 0.1) is 18.1 Å². The van der Waals surface area contributed by atoms with Crippen LogP contribution in [0, 0.1) is 0 Å². The Morgan fingerprint density at radius 2 is 2.19 bits per heavy atom. The summed E-state index contributed by atoms with van der Waals surface area (Å²) in [6.07, 6.45) is 3.60. The molecule has 7 heteroatoms. The number of nitrogens with one attached hydrogen (secondary N) is 1. The number of carbonyl (C=O) groups excluding carboxylic acids is 1. The lowest BCUT2D eigenvalue weighted by atomic mass is 10.1. The van der Waals surface area contributed by atoms with Gasteiger partial charge in [0.15, 0.2) is 16.7 Å². The molecule has 1 unspecified atom stereocenters. The number of carbonyl (C=O) groups is 1. The summed E-state index contributed by atoms with van der Waals surface area (Å²) in [7, 11) is 0. The molecule has 6 nitrogen and oxygen atoms in total. The molecule has 134 valence electrons. The number of aryl methyl sites for hydroxylation is 1. The van der Waals surface area contributed by atoms with Crippen molar-refractivity contribution in [2.75, 3.05) is 5.75 Å². The molecule has 0 saturated carbocycles. The van der Waals surface area contributed by atoms with E-state index < -0.39 is 0 Å². The second kappa shape index (κ2) is 7.37. The van der Waals surface area contributed by atoms with Crippen LogP contribution in [0.4, 0.5) is 0 Å². The molecule has 0 saturated heterocycles. The van der Waals surface area contributed by atoms with E-state index in [1.807, 2.05) is 35.8 Å². The van der Waals surface area contributed by atoms with E-state index in [4.69, 9.17) is 4.42 Å². The van der Waals surface area contributed by atoms with Crippen molar-refractivity contribution in [1.82, 2.24) is 20.1 Å². The number of fused-ring (bicyclic) bond motifs is 1. The summed E-state index contributed by atoms with van der Waals surface area (Å²) in [4.78, 5) is 12.4. The second-order valence-corrected chi connectivity index (χ2v) is 7.12. The number of aromatic nitrogens is 3. The lowest BCUT2D eigenvalue weighted by Gasteiger charge is -2.14. The highest BCUT2D eigenvalue weighted by Gasteiger charge is 2.23. The first-order valence-corrected chi connectivity index (χ1v) is 9.72. The molecule has 0 fully saturated rings. The molecule has 3 aromatic rings. The van der Waals surface area contributed by atoms with E-state index in [9.17, 15) is 4.79 Å². The quantitative estimate of drug-likeness (QED) is 0.675. The Bertz CT molecular complexity index is 904. The third-order valence-corrected chi connectivity index (χ3v) is 5.54. The molecule has 4 rings (SSSR count). The molecule has 1 amide bonds. The van der Waals surface area contributed by atoms with Crippen LogP contribution in [0.15, 0.2) is 52.2 Å². The molecule has 1 atom stereocenters. The molecule has 2 heterocycles. The Labute approximate surface area is 156 Å². The minimum atomic E-state index is 0.0157. The Balaban J connectivity index is 1.40. The van der Waals surface area contributed by atoms with Crippen molar-refractivity contribution in [2.45, 2.75) is 37.5 Å². The first kappa shape index (κ1) is 16.9. The van der Waals surface area contributed by atoms with Crippen molar-refractivity contribution < 1.29 is 9.21 Å². The molecule has 26 heavy (non-hydrogen) atoms. The van der Waals surface area contributed by atoms with Crippen molar-refractivity contribution in [2.24, 2.45) is 0 Å². The van der Waals surface area contributed by atoms with E-state index >= 15 is 0 Å². The summed E-state index contributed by atoms with van der Waals surface area (Å²) < 4.78 is 7.37. The maximum absolute atomic E-state index is 12.4. The molecule has 1 aliphatic rings. The van der Waals surface area contributed by atoms with Crippen molar-refractivity contribution in [3.05, 3.63) is 53.8 Å². The van der Waals surface area contributed by atoms with Gasteiger partial charge in [-0.05, 0) is 43.0 Å². The average Bonchev–Trinajstić information content (AvgIpc) is 3.39. The molecule has 0 spiro atoms. The van der Waals surface area contributed by atoms with Crippen molar-refractivity contribution >= 4 is 17.7 Å². The van der Waals surface area contributed by atoms with Crippen LogP contribution in [-0.4, -0.2) is 26.4 Å². The van der Waals surface area contributed by atoms with E-state index in [1.165, 1.54) is 22.9 Å². The van der Waals surface area contributed by atoms with E-state index in [1.54, 1.807) is 6.26 Å². The van der Waals surface area contributed by atoms with Gasteiger partial charge in [-0.2, -0.15) is 0 Å². The normalized spacial score (nSPS) is 15.8. The first-order chi connectivity index (χ1) is 12.8. The molecular weight excluding hydrogens is 348 g/mol. The predicted octanol–water partition coefficient (Wildman–Crippen LogP) is 3.45. The van der Waals surface area contributed by atoms with Crippen LogP contribution in [0.3, 0.4) is 0 Å². The topological polar surface area (TPSA) is 73.0 Å². The number of hydrogen-bond donors (Lipinski definition) is 1. The molecule has 1 N–H and O–H groups in total. The minimum Gasteiger partial charge on any atom is -0.461 e. The zero-order valence-electron chi connectivity index (χ0n) is 14.5. The van der Waals surface area contributed by atoms with Crippen molar-refractivity contribution in [1.29, 1.82) is 0 Å². The van der Waals surface area contributed by atoms with Gasteiger partial charge >= 0.3 is 0 Å². The number of rotatable bonds is 6. The summed E-state index contributed by atoms with van der Waals surface area (Å²) in [6, 6.07) is 12.1. The summed E-state index contributed by atoms with van der Waals surface area (Å²) in [5.74, 6) is 1.69. The maximum atomic E-state index is 12.4. The summed E-state index contributed by atoms with van der Waals surface area (Å²) in [5.41, 5.74) is 2.57. The van der Waals surface area contributed by atoms with Gasteiger partial charge in [0.25, 0.3) is 0 Å². The van der Waals surface area contributed by atoms with Crippen LogP contribution in [0.1, 0.15) is 30.5 Å². The van der Waals surface area contributed by atoms with Gasteiger partial charge in [-0.25, -0.2) is 0 Å². The van der Waals surface area contributed by atoms with E-state index in [-0.39, 0.29) is 11.9 Å². The highest BCUT2D eigenvalue weighted by Crippen LogP contribution is 2.31. The fraction of sp³-hybridized carbons (Fsp3) is 0.316. The fourth-order valence-corrected chi connectivity index (χ4v) is 4.16. The lowest BCUT2D eigenvalue weighted by molar-refractivity contribution is -0.119. The van der Waals surface area contributed by atoms with Crippen LogP contribution in [-0.2, 0) is 17.8 Å². The van der Waals surface area contributed by atoms with E-state index in [0.29, 0.717) is 23.9 Å². The van der Waals surface area contributed by atoms with Gasteiger partial charge < -0.3 is 9.73 Å². The maximum Gasteiger partial charge on any atom is 0.230 e. The SMILES string of the molecule is CCn1c(SCC(=O)NC2CCc3ccccc32)nnc1-c1ccco1. The molecule has 0 bridgehead atoms. The Kier molecular flexibility index (Phi) is 4.79. The van der Waals surface area contributed by atoms with Crippen LogP contribution >= 0.6 is 11.8 Å². The summed E-state index contributed by atoms with van der Waals surface area (Å²) >= 11 is 1.40. The zero-order chi connectivity index (χ0) is 17.9. The molecule has 0 radical (unpaired) electrons. The smallest absolute Gasteiger partial charge is 0.230 e. The lowest BCUT2D eigenvalue weighted by Crippen LogP contribution is -2.28. The monoisotopic (exact) mass is 368 g/mol. The van der Waals surface area contributed by atoms with Crippen LogP contribution in [0.25, 0.3) is 11.6 Å². The number of furan rings is 1. The average molecular weight is 368 g/mol. The predicted molar refractivity (Wildman–Crippen MR) is 99.8 cm³/mol. The third-order valence-electron chi connectivity index (χ3n) is 4.58. The van der Waals surface area contributed by atoms with Crippen molar-refractivity contribution in [3.63, 3.8) is 0 Å². The summed E-state index contributed by atoms with van der Waals surface area (Å²) in [6.45, 7) is 2.73. The zero-order valence-corrected chi connectivity index (χ0v) is 15.3. The fourth-order valence-electron chi connectivity index (χ4n) is 3.34. The molecule has 1 aliphatic carbocycles. The standard InChI is InChI=1S/C19H20N4O2S/c1-2-23-18(16-8-5-11-25-16)21-22-19(23)26-12-17(24)20-15-10-9-13-6-3-4-7-14(13)15/h3-8,11,15H,2,9-10,12H2,1H3,(H,20,24). The first-order valence-electron chi connectivity index (χ1n) is 8.73. The molecule has 1 aromatic carbocycles. The molecule has 0 aliphatic heterocycles. The number of thioether (sulfide) groups is 1. The van der Waals surface area contributed by atoms with Crippen molar-refractivity contribution in [3.8, 4) is 11.6 Å². The Morgan fingerprint density at radius 3 is 3.00 bits per heavy atom. The highest BCUT2D eigenvalue weighted by molar-refractivity contribution is 7.99. The van der Waals surface area contributed by atoms with Crippen LogP contribution in [0.5, 0.6) is 0 Å².